The van der Waals surface area contributed by atoms with Crippen LogP contribution in [-0.2, 0) is 6.42 Å². The smallest absolute Gasteiger partial charge is 0.313 e. The van der Waals surface area contributed by atoms with Crippen LogP contribution in [-0.4, -0.2) is 33.3 Å². The molecule has 0 unspecified atom stereocenters. The fourth-order valence-corrected chi connectivity index (χ4v) is 2.14. The van der Waals surface area contributed by atoms with Crippen molar-refractivity contribution < 1.29 is 14.5 Å². The number of carbonyl (C=O) groups is 1. The fourth-order valence-electron chi connectivity index (χ4n) is 2.14. The van der Waals surface area contributed by atoms with Crippen molar-refractivity contribution in [3.8, 4) is 11.4 Å². The number of nitro benzene ring substituents is 1. The lowest BCUT2D eigenvalue weighted by Gasteiger charge is -2.08. The molecule has 116 valence electrons. The summed E-state index contributed by atoms with van der Waals surface area (Å²) >= 11 is 0. The van der Waals surface area contributed by atoms with Crippen molar-refractivity contribution in [1.29, 1.82) is 0 Å². The van der Waals surface area contributed by atoms with Crippen molar-refractivity contribution in [2.45, 2.75) is 26.2 Å². The van der Waals surface area contributed by atoms with Crippen LogP contribution in [0.5, 0.6) is 5.75 Å². The second-order valence-corrected chi connectivity index (χ2v) is 4.67. The summed E-state index contributed by atoms with van der Waals surface area (Å²) in [6.45, 7) is 2.03. The quantitative estimate of drug-likeness (QED) is 0.442. The van der Waals surface area contributed by atoms with Crippen LogP contribution >= 0.6 is 0 Å². The average Bonchev–Trinajstić information content (AvgIpc) is 2.94. The summed E-state index contributed by atoms with van der Waals surface area (Å²) < 4.78 is 6.44. The van der Waals surface area contributed by atoms with E-state index >= 15 is 0 Å². The number of carbonyl (C=O) groups excluding carboxylic acids is 1. The van der Waals surface area contributed by atoms with E-state index in [4.69, 9.17) is 4.74 Å². The number of nitrogens with zero attached hydrogens (tertiary/aromatic N) is 4. The van der Waals surface area contributed by atoms with Gasteiger partial charge in [-0.25, -0.2) is 4.68 Å². The van der Waals surface area contributed by atoms with E-state index in [1.54, 1.807) is 6.07 Å². The Morgan fingerprint density at radius 1 is 1.45 bits per heavy atom. The molecule has 22 heavy (non-hydrogen) atoms. The standard InChI is InChI=1S/C14H16N4O4/c1-3-4-5-12-11(9-19)15-16-17(12)10-6-7-14(22-2)13(8-10)18(20)21/h6-9H,3-5H2,1-2H3. The van der Waals surface area contributed by atoms with Crippen molar-refractivity contribution >= 4 is 12.0 Å². The number of hydrogen-bond donors (Lipinski definition) is 0. The lowest BCUT2D eigenvalue weighted by Crippen LogP contribution is -2.05. The van der Waals surface area contributed by atoms with Crippen molar-refractivity contribution in [1.82, 2.24) is 15.0 Å². The Kier molecular flexibility index (Phi) is 4.82. The molecule has 8 nitrogen and oxygen atoms in total. The number of hydrogen-bond acceptors (Lipinski definition) is 6. The zero-order valence-corrected chi connectivity index (χ0v) is 12.4. The van der Waals surface area contributed by atoms with Gasteiger partial charge in [-0.3, -0.25) is 14.9 Å². The molecule has 0 radical (unpaired) electrons. The maximum atomic E-state index is 11.1. The number of unbranched alkanes of at least 4 members (excludes halogenated alkanes) is 1. The topological polar surface area (TPSA) is 100 Å². The first-order chi connectivity index (χ1) is 10.6. The summed E-state index contributed by atoms with van der Waals surface area (Å²) in [6, 6.07) is 4.50. The van der Waals surface area contributed by atoms with Crippen LogP contribution in [0.15, 0.2) is 18.2 Å². The Labute approximate surface area is 126 Å². The average molecular weight is 304 g/mol. The Morgan fingerprint density at radius 3 is 2.82 bits per heavy atom. The molecule has 0 spiro atoms. The normalized spacial score (nSPS) is 10.5. The lowest BCUT2D eigenvalue weighted by atomic mass is 10.1. The summed E-state index contributed by atoms with van der Waals surface area (Å²) in [7, 11) is 1.37. The van der Waals surface area contributed by atoms with Gasteiger partial charge in [0.1, 0.15) is 5.69 Å². The second-order valence-electron chi connectivity index (χ2n) is 4.67. The first-order valence-corrected chi connectivity index (χ1v) is 6.85. The number of rotatable bonds is 7. The Hall–Kier alpha value is -2.77. The van der Waals surface area contributed by atoms with Gasteiger partial charge < -0.3 is 4.74 Å². The van der Waals surface area contributed by atoms with Crippen LogP contribution in [0, 0.1) is 10.1 Å². The van der Waals surface area contributed by atoms with E-state index in [0.29, 0.717) is 24.1 Å². The zero-order chi connectivity index (χ0) is 16.1. The molecule has 0 aliphatic rings. The first-order valence-electron chi connectivity index (χ1n) is 6.85. The molecule has 1 heterocycles. The summed E-state index contributed by atoms with van der Waals surface area (Å²) in [6.07, 6.45) is 3.09. The van der Waals surface area contributed by atoms with E-state index < -0.39 is 4.92 Å². The van der Waals surface area contributed by atoms with Crippen molar-refractivity contribution in [2.75, 3.05) is 7.11 Å². The highest BCUT2D eigenvalue weighted by molar-refractivity contribution is 5.73. The van der Waals surface area contributed by atoms with Gasteiger partial charge >= 0.3 is 5.69 Å². The van der Waals surface area contributed by atoms with E-state index in [2.05, 4.69) is 10.3 Å². The molecule has 8 heteroatoms. The minimum Gasteiger partial charge on any atom is -0.490 e. The van der Waals surface area contributed by atoms with E-state index in [1.165, 1.54) is 23.9 Å². The van der Waals surface area contributed by atoms with Crippen LogP contribution in [0.2, 0.25) is 0 Å². The highest BCUT2D eigenvalue weighted by Crippen LogP contribution is 2.29. The van der Waals surface area contributed by atoms with Gasteiger partial charge in [0.05, 0.1) is 23.4 Å². The van der Waals surface area contributed by atoms with Crippen LogP contribution in [0.1, 0.15) is 35.9 Å². The molecule has 0 aliphatic carbocycles. The van der Waals surface area contributed by atoms with Crippen molar-refractivity contribution in [2.24, 2.45) is 0 Å². The van der Waals surface area contributed by atoms with Crippen LogP contribution in [0.3, 0.4) is 0 Å². The maximum Gasteiger partial charge on any atom is 0.313 e. The van der Waals surface area contributed by atoms with Gasteiger partial charge in [0.25, 0.3) is 0 Å². The largest absolute Gasteiger partial charge is 0.490 e. The van der Waals surface area contributed by atoms with E-state index in [-0.39, 0.29) is 17.1 Å². The second kappa shape index (κ2) is 6.79. The summed E-state index contributed by atoms with van der Waals surface area (Å²) in [5.74, 6) is 0.166. The van der Waals surface area contributed by atoms with Gasteiger partial charge in [-0.1, -0.05) is 18.6 Å². The molecule has 2 rings (SSSR count). The minimum absolute atomic E-state index is 0.162. The van der Waals surface area contributed by atoms with E-state index in [0.717, 1.165) is 12.8 Å². The summed E-state index contributed by atoms with van der Waals surface area (Å²) in [4.78, 5) is 21.7. The monoisotopic (exact) mass is 304 g/mol. The van der Waals surface area contributed by atoms with Gasteiger partial charge in [-0.2, -0.15) is 0 Å². The number of ether oxygens (including phenoxy) is 1. The molecule has 0 saturated heterocycles. The molecular formula is C14H16N4O4. The minimum atomic E-state index is -0.522. The summed E-state index contributed by atoms with van der Waals surface area (Å²) in [5.41, 5.74) is 1.21. The highest BCUT2D eigenvalue weighted by Gasteiger charge is 2.19. The number of methoxy groups -OCH3 is 1. The molecule has 0 N–H and O–H groups in total. The first kappa shape index (κ1) is 15.6. The SMILES string of the molecule is CCCCc1c(C=O)nnn1-c1ccc(OC)c([N+](=O)[O-])c1. The lowest BCUT2D eigenvalue weighted by molar-refractivity contribution is -0.385. The zero-order valence-electron chi connectivity index (χ0n) is 12.4. The van der Waals surface area contributed by atoms with Crippen molar-refractivity contribution in [3.63, 3.8) is 0 Å². The number of aromatic nitrogens is 3. The number of nitro groups is 1. The Morgan fingerprint density at radius 2 is 2.23 bits per heavy atom. The van der Waals surface area contributed by atoms with E-state index in [1.807, 2.05) is 6.92 Å². The van der Waals surface area contributed by atoms with Crippen molar-refractivity contribution in [3.05, 3.63) is 39.7 Å². The van der Waals surface area contributed by atoms with Crippen LogP contribution in [0.4, 0.5) is 5.69 Å². The highest BCUT2D eigenvalue weighted by atomic mass is 16.6. The molecule has 2 aromatic rings. The Balaban J connectivity index is 2.52. The molecular weight excluding hydrogens is 288 g/mol. The molecule has 0 aliphatic heterocycles. The predicted molar refractivity (Wildman–Crippen MR) is 78.6 cm³/mol. The third-order valence-corrected chi connectivity index (χ3v) is 3.28. The summed E-state index contributed by atoms with van der Waals surface area (Å²) in [5, 5.41) is 18.9. The number of benzene rings is 1. The molecule has 0 bridgehead atoms. The van der Waals surface area contributed by atoms with Gasteiger partial charge in [-0.05, 0) is 25.0 Å². The molecule has 1 aromatic carbocycles. The maximum absolute atomic E-state index is 11.1. The molecule has 0 amide bonds. The van der Waals surface area contributed by atoms with E-state index in [9.17, 15) is 14.9 Å². The van der Waals surface area contributed by atoms with Gasteiger partial charge in [0.15, 0.2) is 12.0 Å². The molecule has 0 fully saturated rings. The molecule has 1 aromatic heterocycles. The third kappa shape index (κ3) is 2.95. The number of aldehydes is 1. The van der Waals surface area contributed by atoms with Gasteiger partial charge in [0, 0.05) is 6.07 Å². The predicted octanol–water partition coefficient (Wildman–Crippen LogP) is 2.34. The fraction of sp³-hybridized carbons (Fsp3) is 0.357. The molecule has 0 saturated carbocycles. The van der Waals surface area contributed by atoms with Crippen LogP contribution in [0.25, 0.3) is 5.69 Å². The third-order valence-electron chi connectivity index (χ3n) is 3.28. The van der Waals surface area contributed by atoms with Gasteiger partial charge in [-0.15, -0.1) is 5.10 Å². The van der Waals surface area contributed by atoms with Crippen LogP contribution < -0.4 is 4.74 Å². The van der Waals surface area contributed by atoms with Gasteiger partial charge in [0.2, 0.25) is 0 Å². The Bertz CT molecular complexity index is 696. The molecule has 0 atom stereocenters.